The number of anilines is 1. The van der Waals surface area contributed by atoms with Crippen LogP contribution in [0, 0.1) is 12.7 Å². The standard InChI is InChI=1S/C14H11BrFN3/c1-7-8(3-2-4-11(7)17)14-18-12-5-9(15)10(16)6-13(12)19-14/h2-6H,17H2,1H3,(H,18,19). The number of aromatic nitrogens is 2. The summed E-state index contributed by atoms with van der Waals surface area (Å²) in [6, 6.07) is 8.75. The lowest BCUT2D eigenvalue weighted by Gasteiger charge is -2.04. The zero-order chi connectivity index (χ0) is 13.6. The van der Waals surface area contributed by atoms with Gasteiger partial charge in [0.1, 0.15) is 11.6 Å². The number of nitrogens with two attached hydrogens (primary N) is 1. The number of nitrogens with zero attached hydrogens (tertiary/aromatic N) is 1. The van der Waals surface area contributed by atoms with Crippen LogP contribution < -0.4 is 5.73 Å². The molecule has 0 amide bonds. The molecule has 0 saturated carbocycles. The van der Waals surface area contributed by atoms with Crippen molar-refractivity contribution < 1.29 is 4.39 Å². The van der Waals surface area contributed by atoms with Gasteiger partial charge < -0.3 is 10.7 Å². The van der Waals surface area contributed by atoms with Gasteiger partial charge in [0, 0.05) is 17.3 Å². The van der Waals surface area contributed by atoms with Crippen LogP contribution in [-0.4, -0.2) is 9.97 Å². The molecular weight excluding hydrogens is 309 g/mol. The molecular formula is C14H11BrFN3. The van der Waals surface area contributed by atoms with Gasteiger partial charge in [0.05, 0.1) is 15.5 Å². The van der Waals surface area contributed by atoms with E-state index in [2.05, 4.69) is 25.9 Å². The molecule has 1 heterocycles. The summed E-state index contributed by atoms with van der Waals surface area (Å²) in [7, 11) is 0. The van der Waals surface area contributed by atoms with Gasteiger partial charge in [0.2, 0.25) is 0 Å². The molecule has 1 aromatic heterocycles. The van der Waals surface area contributed by atoms with Crippen LogP contribution in [0.25, 0.3) is 22.4 Å². The predicted molar refractivity (Wildman–Crippen MR) is 78.3 cm³/mol. The Morgan fingerprint density at radius 2 is 2.11 bits per heavy atom. The van der Waals surface area contributed by atoms with Crippen molar-refractivity contribution in [3.8, 4) is 11.4 Å². The van der Waals surface area contributed by atoms with Gasteiger partial charge in [-0.15, -0.1) is 0 Å². The number of hydrogen-bond acceptors (Lipinski definition) is 2. The lowest BCUT2D eigenvalue weighted by atomic mass is 10.1. The number of imidazole rings is 1. The Labute approximate surface area is 117 Å². The highest BCUT2D eigenvalue weighted by Crippen LogP contribution is 2.28. The van der Waals surface area contributed by atoms with E-state index in [4.69, 9.17) is 5.73 Å². The Hall–Kier alpha value is -1.88. The molecule has 0 spiro atoms. The van der Waals surface area contributed by atoms with E-state index in [-0.39, 0.29) is 5.82 Å². The summed E-state index contributed by atoms with van der Waals surface area (Å²) < 4.78 is 13.9. The normalized spacial score (nSPS) is 11.1. The summed E-state index contributed by atoms with van der Waals surface area (Å²) in [6.07, 6.45) is 0. The first kappa shape index (κ1) is 12.2. The zero-order valence-corrected chi connectivity index (χ0v) is 11.8. The van der Waals surface area contributed by atoms with Gasteiger partial charge in [-0.05, 0) is 40.5 Å². The molecule has 96 valence electrons. The fourth-order valence-electron chi connectivity index (χ4n) is 2.04. The van der Waals surface area contributed by atoms with Crippen molar-refractivity contribution in [2.75, 3.05) is 5.73 Å². The summed E-state index contributed by atoms with van der Waals surface area (Å²) in [5, 5.41) is 0. The lowest BCUT2D eigenvalue weighted by Crippen LogP contribution is -1.92. The van der Waals surface area contributed by atoms with Crippen LogP contribution in [0.3, 0.4) is 0 Å². The highest BCUT2D eigenvalue weighted by Gasteiger charge is 2.11. The van der Waals surface area contributed by atoms with Crippen molar-refractivity contribution >= 4 is 32.7 Å². The quantitative estimate of drug-likeness (QED) is 0.665. The van der Waals surface area contributed by atoms with Gasteiger partial charge in [0.25, 0.3) is 0 Å². The van der Waals surface area contributed by atoms with Crippen LogP contribution in [0.4, 0.5) is 10.1 Å². The van der Waals surface area contributed by atoms with Crippen LogP contribution in [-0.2, 0) is 0 Å². The molecule has 0 aliphatic carbocycles. The first-order valence-corrected chi connectivity index (χ1v) is 6.56. The minimum atomic E-state index is -0.313. The molecule has 5 heteroatoms. The fourth-order valence-corrected chi connectivity index (χ4v) is 2.37. The number of nitrogen functional groups attached to an aromatic ring is 1. The topological polar surface area (TPSA) is 54.7 Å². The average Bonchev–Trinajstić information content (AvgIpc) is 2.76. The van der Waals surface area contributed by atoms with Crippen LogP contribution >= 0.6 is 15.9 Å². The molecule has 0 bridgehead atoms. The van der Waals surface area contributed by atoms with Crippen LogP contribution in [0.15, 0.2) is 34.8 Å². The van der Waals surface area contributed by atoms with Gasteiger partial charge in [-0.2, -0.15) is 0 Å². The zero-order valence-electron chi connectivity index (χ0n) is 10.2. The fraction of sp³-hybridized carbons (Fsp3) is 0.0714. The van der Waals surface area contributed by atoms with Gasteiger partial charge in [-0.1, -0.05) is 12.1 Å². The number of rotatable bonds is 1. The van der Waals surface area contributed by atoms with Gasteiger partial charge in [0.15, 0.2) is 0 Å². The minimum Gasteiger partial charge on any atom is -0.398 e. The van der Waals surface area contributed by atoms with Crippen LogP contribution in [0.2, 0.25) is 0 Å². The number of nitrogens with one attached hydrogen (secondary N) is 1. The molecule has 3 rings (SSSR count). The van der Waals surface area contributed by atoms with E-state index in [9.17, 15) is 4.39 Å². The number of H-pyrrole nitrogens is 1. The Bertz CT molecular complexity index is 741. The maximum atomic E-state index is 13.5. The summed E-state index contributed by atoms with van der Waals surface area (Å²) in [4.78, 5) is 7.60. The largest absolute Gasteiger partial charge is 0.398 e. The maximum Gasteiger partial charge on any atom is 0.139 e. The van der Waals surface area contributed by atoms with E-state index in [1.54, 1.807) is 6.07 Å². The first-order valence-electron chi connectivity index (χ1n) is 5.76. The Balaban J connectivity index is 2.23. The van der Waals surface area contributed by atoms with E-state index >= 15 is 0 Å². The smallest absolute Gasteiger partial charge is 0.139 e. The molecule has 0 radical (unpaired) electrons. The van der Waals surface area contributed by atoms with Crippen LogP contribution in [0.5, 0.6) is 0 Å². The van der Waals surface area contributed by atoms with Crippen molar-refractivity contribution in [3.63, 3.8) is 0 Å². The predicted octanol–water partition coefficient (Wildman–Crippen LogP) is 4.02. The number of hydrogen-bond donors (Lipinski definition) is 2. The van der Waals surface area contributed by atoms with Gasteiger partial charge >= 0.3 is 0 Å². The molecule has 3 nitrogen and oxygen atoms in total. The molecule has 0 atom stereocenters. The Kier molecular flexibility index (Phi) is 2.78. The van der Waals surface area contributed by atoms with E-state index < -0.39 is 0 Å². The Morgan fingerprint density at radius 1 is 1.32 bits per heavy atom. The maximum absolute atomic E-state index is 13.5. The Morgan fingerprint density at radius 3 is 2.89 bits per heavy atom. The second kappa shape index (κ2) is 4.35. The molecule has 0 aliphatic heterocycles. The average molecular weight is 320 g/mol. The number of aromatic amines is 1. The van der Waals surface area contributed by atoms with Crippen molar-refractivity contribution in [1.29, 1.82) is 0 Å². The molecule has 0 aliphatic rings. The molecule has 2 aromatic carbocycles. The van der Waals surface area contributed by atoms with Crippen molar-refractivity contribution in [2.45, 2.75) is 6.92 Å². The monoisotopic (exact) mass is 319 g/mol. The van der Waals surface area contributed by atoms with E-state index in [1.807, 2.05) is 25.1 Å². The molecule has 0 fully saturated rings. The molecule has 3 aromatic rings. The summed E-state index contributed by atoms with van der Waals surface area (Å²) in [6.45, 7) is 1.94. The summed E-state index contributed by atoms with van der Waals surface area (Å²) in [5.74, 6) is 0.379. The van der Waals surface area contributed by atoms with Gasteiger partial charge in [-0.25, -0.2) is 9.37 Å². The van der Waals surface area contributed by atoms with E-state index in [0.717, 1.165) is 11.1 Å². The SMILES string of the molecule is Cc1c(N)cccc1-c1nc2cc(Br)c(F)cc2[nH]1. The van der Waals surface area contributed by atoms with Gasteiger partial charge in [-0.3, -0.25) is 0 Å². The minimum absolute atomic E-state index is 0.313. The van der Waals surface area contributed by atoms with Crippen molar-refractivity contribution in [3.05, 3.63) is 46.2 Å². The van der Waals surface area contributed by atoms with Crippen molar-refractivity contribution in [1.82, 2.24) is 9.97 Å². The molecule has 0 saturated heterocycles. The van der Waals surface area contributed by atoms with E-state index in [0.29, 0.717) is 27.0 Å². The first-order chi connectivity index (χ1) is 9.06. The van der Waals surface area contributed by atoms with E-state index in [1.165, 1.54) is 6.07 Å². The van der Waals surface area contributed by atoms with Crippen LogP contribution in [0.1, 0.15) is 5.56 Å². The summed E-state index contributed by atoms with van der Waals surface area (Å²) in [5.41, 5.74) is 9.87. The molecule has 19 heavy (non-hydrogen) atoms. The number of halogens is 2. The third kappa shape index (κ3) is 2.00. The number of fused-ring (bicyclic) bond motifs is 1. The third-order valence-electron chi connectivity index (χ3n) is 3.15. The number of benzene rings is 2. The lowest BCUT2D eigenvalue weighted by molar-refractivity contribution is 0.623. The second-order valence-corrected chi connectivity index (χ2v) is 5.24. The molecule has 0 unspecified atom stereocenters. The molecule has 3 N–H and O–H groups in total. The third-order valence-corrected chi connectivity index (χ3v) is 3.76. The van der Waals surface area contributed by atoms with Crippen molar-refractivity contribution in [2.24, 2.45) is 0 Å². The second-order valence-electron chi connectivity index (χ2n) is 4.39. The highest BCUT2D eigenvalue weighted by molar-refractivity contribution is 9.10. The highest BCUT2D eigenvalue weighted by atomic mass is 79.9. The summed E-state index contributed by atoms with van der Waals surface area (Å²) >= 11 is 3.16.